The van der Waals surface area contributed by atoms with Crippen LogP contribution in [-0.2, 0) is 31.4 Å². The van der Waals surface area contributed by atoms with Gasteiger partial charge in [-0.2, -0.15) is 0 Å². The number of benzene rings is 1. The van der Waals surface area contributed by atoms with Crippen LogP contribution in [0.25, 0.3) is 0 Å². The molecule has 2 N–H and O–H groups in total. The first-order valence-corrected chi connectivity index (χ1v) is 16.3. The van der Waals surface area contributed by atoms with Crippen molar-refractivity contribution in [1.82, 2.24) is 9.62 Å². The minimum Gasteiger partial charge on any atom is -0.500 e. The molecule has 7 nitrogen and oxygen atoms in total. The van der Waals surface area contributed by atoms with Gasteiger partial charge in [0.05, 0.1) is 19.5 Å². The second-order valence-corrected chi connectivity index (χ2v) is 14.4. The third-order valence-electron chi connectivity index (χ3n) is 9.58. The highest BCUT2D eigenvalue weighted by Gasteiger charge is 2.43. The van der Waals surface area contributed by atoms with Crippen LogP contribution in [0.2, 0.25) is 5.02 Å². The average molecular weight is 585 g/mol. The van der Waals surface area contributed by atoms with Gasteiger partial charge in [0.25, 0.3) is 5.91 Å². The SMILES string of the molecule is O=C1NS(=O)(=O)[C@H](CO)CCC2=C/C[C@@H]3CC[C@H]3CN3C[C@@]4(CCCc5cc(Cl)ccc54)CO\C=C/C=C1\C=C\23. The molecule has 0 radical (unpaired) electrons. The Morgan fingerprint density at radius 1 is 1.18 bits per heavy atom. The molecule has 0 saturated heterocycles. The Labute approximate surface area is 241 Å². The lowest BCUT2D eigenvalue weighted by Crippen LogP contribution is -2.49. The highest BCUT2D eigenvalue weighted by Crippen LogP contribution is 2.45. The number of nitrogens with zero attached hydrogens (tertiary/aromatic N) is 1. The van der Waals surface area contributed by atoms with Crippen LogP contribution < -0.4 is 4.72 Å². The lowest BCUT2D eigenvalue weighted by atomic mass is 9.68. The van der Waals surface area contributed by atoms with Crippen LogP contribution in [0.1, 0.15) is 56.1 Å². The number of amides is 1. The van der Waals surface area contributed by atoms with Gasteiger partial charge >= 0.3 is 0 Å². The molecule has 1 spiro atoms. The van der Waals surface area contributed by atoms with Crippen LogP contribution in [0, 0.1) is 11.8 Å². The molecule has 214 valence electrons. The van der Waals surface area contributed by atoms with E-state index in [0.29, 0.717) is 24.9 Å². The van der Waals surface area contributed by atoms with Crippen LogP contribution in [0.5, 0.6) is 0 Å². The predicted molar refractivity (Wildman–Crippen MR) is 155 cm³/mol. The van der Waals surface area contributed by atoms with Crippen molar-refractivity contribution < 1.29 is 23.1 Å². The first-order valence-electron chi connectivity index (χ1n) is 14.4. The Bertz CT molecular complexity index is 1410. The number of hydrogen-bond acceptors (Lipinski definition) is 6. The van der Waals surface area contributed by atoms with Gasteiger partial charge in [-0.15, -0.1) is 0 Å². The van der Waals surface area contributed by atoms with Crippen molar-refractivity contribution in [2.24, 2.45) is 11.8 Å². The van der Waals surface area contributed by atoms with Crippen LogP contribution in [0.3, 0.4) is 0 Å². The number of nitrogens with one attached hydrogen (secondary N) is 1. The fraction of sp³-hybridized carbons (Fsp3) is 0.516. The zero-order valence-corrected chi connectivity index (χ0v) is 24.2. The van der Waals surface area contributed by atoms with Crippen LogP contribution in [0.15, 0.2) is 65.6 Å². The summed E-state index contributed by atoms with van der Waals surface area (Å²) in [5, 5.41) is 9.65. The first kappa shape index (κ1) is 27.6. The molecule has 1 aromatic rings. The van der Waals surface area contributed by atoms with Gasteiger partial charge in [-0.05, 0) is 110 Å². The molecule has 4 atom stereocenters. The predicted octanol–water partition coefficient (Wildman–Crippen LogP) is 4.53. The molecular weight excluding hydrogens is 548 g/mol. The molecule has 0 aromatic heterocycles. The first-order chi connectivity index (χ1) is 19.3. The van der Waals surface area contributed by atoms with E-state index in [1.807, 2.05) is 12.1 Å². The maximum absolute atomic E-state index is 13.4. The van der Waals surface area contributed by atoms with Gasteiger partial charge in [0, 0.05) is 34.8 Å². The minimum atomic E-state index is -4.04. The standard InChI is InChI=1S/C31H37ClN2O5S/c32-26-10-12-28-23(15-26)3-1-13-31(28)19-34-17-25-8-6-21(25)5-7-22-9-11-27(18-35)40(37,38)33-30(36)24(16-29(22)34)4-2-14-39-20-31/h2,4,7,10,12,14-16,21,25,27,35H,1,3,5-6,8-9,11,13,17-20H2,(H,33,36)/b14-2-,22-7-,24-4+,29-16-/t21-,25+,27+,31+/m1/s1. The summed E-state index contributed by atoms with van der Waals surface area (Å²) in [5.41, 5.74) is 4.52. The summed E-state index contributed by atoms with van der Waals surface area (Å²) in [6.45, 7) is 1.55. The number of sulfonamides is 1. The fourth-order valence-corrected chi connectivity index (χ4v) is 8.54. The summed E-state index contributed by atoms with van der Waals surface area (Å²) < 4.78 is 34.3. The molecular formula is C31H37ClN2O5S. The van der Waals surface area contributed by atoms with Gasteiger partial charge in [0.1, 0.15) is 5.25 Å². The quantitative estimate of drug-likeness (QED) is 0.504. The highest BCUT2D eigenvalue weighted by molar-refractivity contribution is 7.90. The molecule has 2 bridgehead atoms. The largest absolute Gasteiger partial charge is 0.500 e. The van der Waals surface area contributed by atoms with E-state index in [1.54, 1.807) is 18.4 Å². The second-order valence-electron chi connectivity index (χ2n) is 12.0. The van der Waals surface area contributed by atoms with Gasteiger partial charge < -0.3 is 14.7 Å². The number of halogens is 1. The van der Waals surface area contributed by atoms with Crippen molar-refractivity contribution in [3.63, 3.8) is 0 Å². The summed E-state index contributed by atoms with van der Waals surface area (Å²) in [5.74, 6) is 0.465. The van der Waals surface area contributed by atoms with E-state index in [2.05, 4.69) is 27.8 Å². The molecule has 1 fully saturated rings. The number of aliphatic hydroxyl groups is 1. The number of carbonyl (C=O) groups excluding carboxylic acids is 1. The Morgan fingerprint density at radius 3 is 2.83 bits per heavy atom. The molecule has 5 aliphatic rings. The molecule has 2 aliphatic carbocycles. The molecule has 6 rings (SSSR count). The number of hydrogen-bond donors (Lipinski definition) is 2. The van der Waals surface area contributed by atoms with E-state index in [0.717, 1.165) is 55.1 Å². The van der Waals surface area contributed by atoms with Crippen LogP contribution in [0.4, 0.5) is 0 Å². The molecule has 9 heteroatoms. The van der Waals surface area contributed by atoms with Crippen molar-refractivity contribution in [3.8, 4) is 0 Å². The van der Waals surface area contributed by atoms with Gasteiger partial charge in [-0.25, -0.2) is 13.1 Å². The number of fused-ring (bicyclic) bond motifs is 4. The van der Waals surface area contributed by atoms with E-state index >= 15 is 0 Å². The van der Waals surface area contributed by atoms with Crippen molar-refractivity contribution in [2.75, 3.05) is 26.3 Å². The van der Waals surface area contributed by atoms with E-state index in [9.17, 15) is 18.3 Å². The maximum atomic E-state index is 13.4. The zero-order chi connectivity index (χ0) is 27.9. The Hall–Kier alpha value is -2.55. The smallest absolute Gasteiger partial charge is 0.264 e. The van der Waals surface area contributed by atoms with Gasteiger partial charge in [-0.1, -0.05) is 23.7 Å². The Balaban J connectivity index is 1.51. The number of aliphatic hydroxyl groups excluding tert-OH is 1. The number of ether oxygens (including phenoxy) is 1. The highest BCUT2D eigenvalue weighted by atomic mass is 35.5. The average Bonchev–Trinajstić information content (AvgIpc) is 2.93. The molecule has 1 saturated carbocycles. The molecule has 1 amide bonds. The van der Waals surface area contributed by atoms with E-state index in [1.165, 1.54) is 24.0 Å². The lowest BCUT2D eigenvalue weighted by Gasteiger charge is -2.48. The molecule has 1 aromatic carbocycles. The van der Waals surface area contributed by atoms with Crippen LogP contribution >= 0.6 is 11.6 Å². The fourth-order valence-electron chi connectivity index (χ4n) is 7.17. The number of rotatable bonds is 1. The van der Waals surface area contributed by atoms with Gasteiger partial charge in [-0.3, -0.25) is 4.79 Å². The third-order valence-corrected chi connectivity index (χ3v) is 11.5. The van der Waals surface area contributed by atoms with Gasteiger partial charge in [0.15, 0.2) is 0 Å². The third kappa shape index (κ3) is 5.26. The van der Waals surface area contributed by atoms with E-state index in [-0.39, 0.29) is 17.4 Å². The van der Waals surface area contributed by atoms with Crippen molar-refractivity contribution in [3.05, 3.63) is 81.8 Å². The molecule has 40 heavy (non-hydrogen) atoms. The van der Waals surface area contributed by atoms with E-state index < -0.39 is 27.8 Å². The molecule has 0 unspecified atom stereocenters. The maximum Gasteiger partial charge on any atom is 0.264 e. The normalized spacial score (nSPS) is 36.5. The summed E-state index contributed by atoms with van der Waals surface area (Å²) in [7, 11) is -4.04. The number of aryl methyl sites for hydroxylation is 1. The lowest BCUT2D eigenvalue weighted by molar-refractivity contribution is -0.115. The van der Waals surface area contributed by atoms with Crippen molar-refractivity contribution in [1.29, 1.82) is 0 Å². The Kier molecular flexibility index (Phi) is 7.61. The second kappa shape index (κ2) is 11.0. The van der Waals surface area contributed by atoms with Gasteiger partial charge in [0.2, 0.25) is 10.0 Å². The van der Waals surface area contributed by atoms with Crippen LogP contribution in [-0.4, -0.2) is 55.9 Å². The number of allylic oxidation sites excluding steroid dienone is 4. The molecule has 3 heterocycles. The van der Waals surface area contributed by atoms with Crippen molar-refractivity contribution >= 4 is 27.5 Å². The number of carbonyl (C=O) groups is 1. The zero-order valence-electron chi connectivity index (χ0n) is 22.6. The minimum absolute atomic E-state index is 0.235. The van der Waals surface area contributed by atoms with Crippen molar-refractivity contribution in [2.45, 2.75) is 62.0 Å². The van der Waals surface area contributed by atoms with E-state index in [4.69, 9.17) is 16.3 Å². The topological polar surface area (TPSA) is 95.9 Å². The summed E-state index contributed by atoms with van der Waals surface area (Å²) >= 11 is 6.41. The summed E-state index contributed by atoms with van der Waals surface area (Å²) in [4.78, 5) is 15.8. The Morgan fingerprint density at radius 2 is 2.02 bits per heavy atom. The summed E-state index contributed by atoms with van der Waals surface area (Å²) in [6.07, 6.45) is 16.0. The monoisotopic (exact) mass is 584 g/mol. The molecule has 3 aliphatic heterocycles. The summed E-state index contributed by atoms with van der Waals surface area (Å²) in [6, 6.07) is 6.21.